The molecule has 9 aromatic carbocycles. The quantitative estimate of drug-likeness (QED) is 0.0509. The summed E-state index contributed by atoms with van der Waals surface area (Å²) >= 11 is 0. The Labute approximate surface area is 436 Å². The monoisotopic (exact) mass is 1010 g/mol. The largest absolute Gasteiger partial charge is 0.505 e. The number of carbonyl (C=O) groups excluding carboxylic acids is 4. The molecule has 6 N–H and O–H groups in total. The van der Waals surface area contributed by atoms with E-state index in [0.717, 1.165) is 0 Å². The van der Waals surface area contributed by atoms with E-state index in [0.29, 0.717) is 55.4 Å². The molecule has 0 aromatic heterocycles. The fourth-order valence-corrected chi connectivity index (χ4v) is 8.46. The van der Waals surface area contributed by atoms with Gasteiger partial charge in [0.25, 0.3) is 23.6 Å². The number of amides is 4. The molecule has 0 heterocycles. The fraction of sp³-hybridized carbons (Fsp3) is 0.100. The lowest BCUT2D eigenvalue weighted by Crippen LogP contribution is -2.16. The highest BCUT2D eigenvalue weighted by Crippen LogP contribution is 2.44. The molecule has 9 aromatic rings. The van der Waals surface area contributed by atoms with E-state index in [1.807, 2.05) is 36.4 Å². The lowest BCUT2D eigenvalue weighted by atomic mass is 10.0. The number of nitrogens with zero attached hydrogens (tertiary/aromatic N) is 4. The van der Waals surface area contributed by atoms with E-state index in [2.05, 4.69) is 41.7 Å². The standard InChI is InChI=1S/C60H50N8O8/c1-5-75-55-43(57(71)61-39-21-9-7-10-22-39)27-17-29-49(55)65-67-51-41-25-15-13-19-37(41)33-45(53(51)69)59(73)63-47-31-32-48(36(4)35(47)3)64-60(74)46-34-38-20-14-16-26-42(38)52(54(46)70)68-66-50-30-18-28-44(56(50)76-6-2)58(72)62-40-23-11-8-12-24-40/h7-34,69-70H,5-6H2,1-4H3,(H,61,71)(H,62,72)(H,63,73)(H,64,74). The molecule has 4 amide bonds. The summed E-state index contributed by atoms with van der Waals surface area (Å²) in [7, 11) is 0. The maximum Gasteiger partial charge on any atom is 0.259 e. The number of azo groups is 2. The maximum absolute atomic E-state index is 14.2. The first kappa shape index (κ1) is 50.7. The summed E-state index contributed by atoms with van der Waals surface area (Å²) in [4.78, 5) is 55.1. The van der Waals surface area contributed by atoms with Crippen molar-refractivity contribution in [1.82, 2.24) is 0 Å². The number of hydrogen-bond donors (Lipinski definition) is 6. The second kappa shape index (κ2) is 22.7. The van der Waals surface area contributed by atoms with E-state index in [9.17, 15) is 29.4 Å². The maximum atomic E-state index is 14.2. The zero-order chi connectivity index (χ0) is 53.3. The van der Waals surface area contributed by atoms with E-state index in [4.69, 9.17) is 9.47 Å². The van der Waals surface area contributed by atoms with Crippen molar-refractivity contribution in [2.24, 2.45) is 20.5 Å². The van der Waals surface area contributed by atoms with Crippen LogP contribution in [0.3, 0.4) is 0 Å². The summed E-state index contributed by atoms with van der Waals surface area (Å²) in [6, 6.07) is 48.3. The van der Waals surface area contributed by atoms with Crippen LogP contribution in [0.15, 0.2) is 190 Å². The molecule has 0 unspecified atom stereocenters. The minimum Gasteiger partial charge on any atom is -0.505 e. The first-order chi connectivity index (χ1) is 36.9. The Kier molecular flexibility index (Phi) is 15.1. The van der Waals surface area contributed by atoms with E-state index < -0.39 is 35.1 Å². The topological polar surface area (TPSA) is 225 Å². The number of para-hydroxylation sites is 4. The second-order valence-electron chi connectivity index (χ2n) is 17.2. The Morgan fingerprint density at radius 2 is 0.789 bits per heavy atom. The molecule has 0 aliphatic carbocycles. The molecule has 0 atom stereocenters. The first-order valence-electron chi connectivity index (χ1n) is 24.2. The van der Waals surface area contributed by atoms with Crippen LogP contribution in [0.25, 0.3) is 21.5 Å². The molecule has 378 valence electrons. The summed E-state index contributed by atoms with van der Waals surface area (Å²) in [6.07, 6.45) is 0. The van der Waals surface area contributed by atoms with E-state index >= 15 is 0 Å². The second-order valence-corrected chi connectivity index (χ2v) is 17.2. The van der Waals surface area contributed by atoms with Gasteiger partial charge in [0.2, 0.25) is 0 Å². The highest BCUT2D eigenvalue weighted by atomic mass is 16.5. The van der Waals surface area contributed by atoms with Gasteiger partial charge in [-0.25, -0.2) is 0 Å². The highest BCUT2D eigenvalue weighted by Gasteiger charge is 2.24. The van der Waals surface area contributed by atoms with Crippen molar-refractivity contribution in [2.45, 2.75) is 27.7 Å². The lowest BCUT2D eigenvalue weighted by Gasteiger charge is -2.17. The Balaban J connectivity index is 0.967. The van der Waals surface area contributed by atoms with Gasteiger partial charge in [0, 0.05) is 33.5 Å². The van der Waals surface area contributed by atoms with Gasteiger partial charge in [-0.2, -0.15) is 0 Å². The first-order valence-corrected chi connectivity index (χ1v) is 24.2. The molecule has 76 heavy (non-hydrogen) atoms. The Hall–Kier alpha value is -10.2. The van der Waals surface area contributed by atoms with Crippen LogP contribution < -0.4 is 30.7 Å². The van der Waals surface area contributed by atoms with Gasteiger partial charge in [0.15, 0.2) is 23.0 Å². The van der Waals surface area contributed by atoms with Gasteiger partial charge >= 0.3 is 0 Å². The van der Waals surface area contributed by atoms with Gasteiger partial charge < -0.3 is 41.0 Å². The molecule has 0 saturated carbocycles. The van der Waals surface area contributed by atoms with Crippen molar-refractivity contribution in [2.75, 3.05) is 34.5 Å². The highest BCUT2D eigenvalue weighted by molar-refractivity contribution is 6.14. The number of anilines is 4. The third-order valence-electron chi connectivity index (χ3n) is 12.4. The third kappa shape index (κ3) is 10.8. The zero-order valence-corrected chi connectivity index (χ0v) is 41.7. The molecule has 0 fully saturated rings. The third-order valence-corrected chi connectivity index (χ3v) is 12.4. The van der Waals surface area contributed by atoms with Crippen molar-refractivity contribution < 1.29 is 38.9 Å². The van der Waals surface area contributed by atoms with Crippen molar-refractivity contribution in [3.8, 4) is 23.0 Å². The number of aromatic hydroxyl groups is 2. The van der Waals surface area contributed by atoms with Crippen LogP contribution in [0.4, 0.5) is 45.5 Å². The summed E-state index contributed by atoms with van der Waals surface area (Å²) in [5.41, 5.74) is 3.97. The SMILES string of the molecule is CCOc1c(N=Nc2c(O)c(C(=O)Nc3ccc(NC(=O)c4cc5ccccc5c(N=Nc5cccc(C(=O)Nc6ccccc6)c5OCC)c4O)c(C)c3C)cc3ccccc23)cccc1C(=O)Nc1ccccc1. The molecule has 9 rings (SSSR count). The van der Waals surface area contributed by atoms with E-state index in [1.54, 1.807) is 161 Å². The number of hydrogen-bond acceptors (Lipinski definition) is 12. The predicted octanol–water partition coefficient (Wildman–Crippen LogP) is 14.7. The molecule has 0 radical (unpaired) electrons. The number of phenols is 2. The predicted molar refractivity (Wildman–Crippen MR) is 295 cm³/mol. The van der Waals surface area contributed by atoms with Gasteiger partial charge in [-0.3, -0.25) is 19.2 Å². The number of fused-ring (bicyclic) bond motifs is 2. The fourth-order valence-electron chi connectivity index (χ4n) is 8.46. The molecular formula is C60H50N8O8. The van der Waals surface area contributed by atoms with Gasteiger partial charge in [-0.05, 0) is 122 Å². The summed E-state index contributed by atoms with van der Waals surface area (Å²) in [5, 5.41) is 55.1. The van der Waals surface area contributed by atoms with Gasteiger partial charge in [-0.15, -0.1) is 20.5 Å². The van der Waals surface area contributed by atoms with Crippen LogP contribution >= 0.6 is 0 Å². The minimum atomic E-state index is -0.646. The number of phenolic OH excluding ortho intramolecular Hbond substituents is 2. The van der Waals surface area contributed by atoms with Crippen molar-refractivity contribution >= 4 is 90.7 Å². The van der Waals surface area contributed by atoms with Crippen LogP contribution in [0.2, 0.25) is 0 Å². The zero-order valence-electron chi connectivity index (χ0n) is 41.7. The average molecular weight is 1010 g/mol. The van der Waals surface area contributed by atoms with Gasteiger partial charge in [-0.1, -0.05) is 97.1 Å². The van der Waals surface area contributed by atoms with Crippen LogP contribution in [0.5, 0.6) is 23.0 Å². The van der Waals surface area contributed by atoms with E-state index in [-0.39, 0.29) is 69.7 Å². The van der Waals surface area contributed by atoms with Crippen LogP contribution in [0.1, 0.15) is 66.4 Å². The van der Waals surface area contributed by atoms with Crippen LogP contribution in [-0.4, -0.2) is 47.1 Å². The summed E-state index contributed by atoms with van der Waals surface area (Å²) in [5.74, 6) is -2.61. The minimum absolute atomic E-state index is 0.0189. The lowest BCUT2D eigenvalue weighted by molar-refractivity contribution is 0.101. The molecule has 0 aliphatic rings. The van der Waals surface area contributed by atoms with Crippen LogP contribution in [0, 0.1) is 13.8 Å². The molecular weight excluding hydrogens is 961 g/mol. The normalized spacial score (nSPS) is 11.2. The van der Waals surface area contributed by atoms with Crippen molar-refractivity contribution in [3.05, 3.63) is 203 Å². The number of benzene rings is 9. The summed E-state index contributed by atoms with van der Waals surface area (Å²) < 4.78 is 11.8. The van der Waals surface area contributed by atoms with E-state index in [1.165, 1.54) is 0 Å². The molecule has 0 bridgehead atoms. The Morgan fingerprint density at radius 1 is 0.421 bits per heavy atom. The average Bonchev–Trinajstić information content (AvgIpc) is 3.44. The van der Waals surface area contributed by atoms with Crippen molar-refractivity contribution in [3.63, 3.8) is 0 Å². The smallest absolute Gasteiger partial charge is 0.259 e. The van der Waals surface area contributed by atoms with Crippen LogP contribution in [-0.2, 0) is 0 Å². The van der Waals surface area contributed by atoms with Crippen molar-refractivity contribution in [1.29, 1.82) is 0 Å². The number of carbonyl (C=O) groups is 4. The molecule has 0 spiro atoms. The molecule has 16 heteroatoms. The number of ether oxygens (including phenoxy) is 2. The van der Waals surface area contributed by atoms with Gasteiger partial charge in [0.05, 0.1) is 35.5 Å². The Morgan fingerprint density at radius 3 is 1.18 bits per heavy atom. The number of nitrogens with one attached hydrogen (secondary N) is 4. The molecule has 16 nitrogen and oxygen atoms in total. The summed E-state index contributed by atoms with van der Waals surface area (Å²) in [6.45, 7) is 7.56. The molecule has 0 aliphatic heterocycles. The molecule has 0 saturated heterocycles. The van der Waals surface area contributed by atoms with Gasteiger partial charge in [0.1, 0.15) is 22.7 Å². The Bertz CT molecular complexity index is 3530. The number of rotatable bonds is 16.